The number of carbonyl (C=O) groups excluding carboxylic acids is 1. The summed E-state index contributed by atoms with van der Waals surface area (Å²) in [4.78, 5) is 15.9. The maximum absolute atomic E-state index is 11.9. The maximum Gasteiger partial charge on any atom is 0.251 e. The molecule has 2 heterocycles. The molecule has 0 radical (unpaired) electrons. The highest BCUT2D eigenvalue weighted by Gasteiger charge is 2.07. The quantitative estimate of drug-likeness (QED) is 0.578. The van der Waals surface area contributed by atoms with Gasteiger partial charge in [0.25, 0.3) is 5.91 Å². The van der Waals surface area contributed by atoms with Gasteiger partial charge in [-0.25, -0.2) is 10.8 Å². The second kappa shape index (κ2) is 5.61. The van der Waals surface area contributed by atoms with Crippen LogP contribution < -0.4 is 16.6 Å². The first-order valence-electron chi connectivity index (χ1n) is 5.43. The zero-order chi connectivity index (χ0) is 13.0. The minimum Gasteiger partial charge on any atom is -0.348 e. The number of pyridine rings is 1. The summed E-state index contributed by atoms with van der Waals surface area (Å²) >= 11 is 1.63. The third-order valence-electron chi connectivity index (χ3n) is 2.57. The largest absolute Gasteiger partial charge is 0.348 e. The number of thiophene rings is 1. The number of aromatic nitrogens is 1. The molecule has 94 valence electrons. The van der Waals surface area contributed by atoms with Gasteiger partial charge in [0.2, 0.25) is 0 Å². The van der Waals surface area contributed by atoms with Crippen LogP contribution in [-0.4, -0.2) is 10.9 Å². The number of aryl methyl sites for hydroxylation is 1. The van der Waals surface area contributed by atoms with Crippen LogP contribution in [0.3, 0.4) is 0 Å². The summed E-state index contributed by atoms with van der Waals surface area (Å²) in [6, 6.07) is 3.26. The third-order valence-corrected chi connectivity index (χ3v) is 3.48. The number of rotatable bonds is 4. The van der Waals surface area contributed by atoms with E-state index in [1.807, 2.05) is 12.3 Å². The lowest BCUT2D eigenvalue weighted by molar-refractivity contribution is 0.0951. The first kappa shape index (κ1) is 12.5. The standard InChI is InChI=1S/C12H14N4OS/c1-8-6-18-7-10(8)5-15-12(17)9-2-3-14-11(4-9)16-13/h2-4,6-7H,5,13H2,1H3,(H,14,16)(H,15,17). The molecule has 18 heavy (non-hydrogen) atoms. The van der Waals surface area contributed by atoms with Crippen LogP contribution in [0.1, 0.15) is 21.5 Å². The Morgan fingerprint density at radius 3 is 3.00 bits per heavy atom. The molecule has 0 aliphatic rings. The van der Waals surface area contributed by atoms with Crippen molar-refractivity contribution in [1.29, 1.82) is 0 Å². The summed E-state index contributed by atoms with van der Waals surface area (Å²) in [6.45, 7) is 2.56. The van der Waals surface area contributed by atoms with Crippen LogP contribution in [0.25, 0.3) is 0 Å². The van der Waals surface area contributed by atoms with Crippen LogP contribution in [0, 0.1) is 6.92 Å². The maximum atomic E-state index is 11.9. The molecule has 2 aromatic rings. The average Bonchev–Trinajstić information content (AvgIpc) is 2.81. The van der Waals surface area contributed by atoms with E-state index in [4.69, 9.17) is 5.84 Å². The van der Waals surface area contributed by atoms with Crippen molar-refractivity contribution in [2.45, 2.75) is 13.5 Å². The molecule has 4 N–H and O–H groups in total. The molecule has 0 atom stereocenters. The van der Waals surface area contributed by atoms with E-state index >= 15 is 0 Å². The van der Waals surface area contributed by atoms with Crippen molar-refractivity contribution in [3.63, 3.8) is 0 Å². The van der Waals surface area contributed by atoms with Crippen molar-refractivity contribution in [2.75, 3.05) is 5.43 Å². The van der Waals surface area contributed by atoms with E-state index < -0.39 is 0 Å². The monoisotopic (exact) mass is 262 g/mol. The predicted octanol–water partition coefficient (Wildman–Crippen LogP) is 1.67. The zero-order valence-electron chi connectivity index (χ0n) is 9.93. The molecule has 0 saturated heterocycles. The van der Waals surface area contributed by atoms with Crippen molar-refractivity contribution < 1.29 is 4.79 Å². The number of nitrogens with one attached hydrogen (secondary N) is 2. The first-order valence-corrected chi connectivity index (χ1v) is 6.37. The fourth-order valence-corrected chi connectivity index (χ4v) is 2.35. The minimum atomic E-state index is -0.139. The van der Waals surface area contributed by atoms with Crippen LogP contribution in [0.15, 0.2) is 29.1 Å². The summed E-state index contributed by atoms with van der Waals surface area (Å²) < 4.78 is 0. The summed E-state index contributed by atoms with van der Waals surface area (Å²) in [5, 5.41) is 6.96. The Kier molecular flexibility index (Phi) is 3.91. The van der Waals surface area contributed by atoms with Gasteiger partial charge in [-0.05, 0) is 40.9 Å². The lowest BCUT2D eigenvalue weighted by Gasteiger charge is -2.06. The van der Waals surface area contributed by atoms with E-state index in [1.54, 1.807) is 29.7 Å². The number of nitrogens with zero attached hydrogens (tertiary/aromatic N) is 1. The fraction of sp³-hybridized carbons (Fsp3) is 0.167. The van der Waals surface area contributed by atoms with Gasteiger partial charge in [-0.15, -0.1) is 0 Å². The van der Waals surface area contributed by atoms with Gasteiger partial charge in [0.1, 0.15) is 5.82 Å². The minimum absolute atomic E-state index is 0.139. The number of nitrogen functional groups attached to an aromatic ring is 1. The van der Waals surface area contributed by atoms with Gasteiger partial charge in [0.15, 0.2) is 0 Å². The molecule has 0 aliphatic heterocycles. The molecular formula is C12H14N4OS. The average molecular weight is 262 g/mol. The van der Waals surface area contributed by atoms with E-state index in [0.29, 0.717) is 17.9 Å². The van der Waals surface area contributed by atoms with Gasteiger partial charge < -0.3 is 10.7 Å². The summed E-state index contributed by atoms with van der Waals surface area (Å²) in [5.74, 6) is 5.57. The highest BCUT2D eigenvalue weighted by atomic mass is 32.1. The van der Waals surface area contributed by atoms with Crippen LogP contribution in [0.5, 0.6) is 0 Å². The first-order chi connectivity index (χ1) is 8.70. The molecule has 0 bridgehead atoms. The van der Waals surface area contributed by atoms with E-state index in [9.17, 15) is 4.79 Å². The number of nitrogens with two attached hydrogens (primary N) is 1. The van der Waals surface area contributed by atoms with Gasteiger partial charge in [0, 0.05) is 18.3 Å². The van der Waals surface area contributed by atoms with Gasteiger partial charge in [-0.1, -0.05) is 0 Å². The van der Waals surface area contributed by atoms with Crippen molar-refractivity contribution in [2.24, 2.45) is 5.84 Å². The van der Waals surface area contributed by atoms with Crippen molar-refractivity contribution in [3.8, 4) is 0 Å². The molecule has 2 rings (SSSR count). The summed E-state index contributed by atoms with van der Waals surface area (Å²) in [5.41, 5.74) is 5.28. The predicted molar refractivity (Wildman–Crippen MR) is 72.3 cm³/mol. The Morgan fingerprint density at radius 2 is 2.33 bits per heavy atom. The number of carbonyl (C=O) groups is 1. The topological polar surface area (TPSA) is 80.0 Å². The summed E-state index contributed by atoms with van der Waals surface area (Å²) in [6.07, 6.45) is 1.54. The Hall–Kier alpha value is -1.92. The lowest BCUT2D eigenvalue weighted by Crippen LogP contribution is -2.23. The molecule has 5 nitrogen and oxygen atoms in total. The lowest BCUT2D eigenvalue weighted by atomic mass is 10.2. The number of amides is 1. The van der Waals surface area contributed by atoms with Gasteiger partial charge in [-0.2, -0.15) is 11.3 Å². The van der Waals surface area contributed by atoms with E-state index in [0.717, 1.165) is 5.56 Å². The second-order valence-corrected chi connectivity index (χ2v) is 4.58. The number of hydrogen-bond donors (Lipinski definition) is 3. The van der Waals surface area contributed by atoms with Crippen molar-refractivity contribution in [1.82, 2.24) is 10.3 Å². The molecule has 0 fully saturated rings. The van der Waals surface area contributed by atoms with E-state index in [-0.39, 0.29) is 5.91 Å². The highest BCUT2D eigenvalue weighted by molar-refractivity contribution is 7.08. The van der Waals surface area contributed by atoms with E-state index in [2.05, 4.69) is 21.1 Å². The zero-order valence-corrected chi connectivity index (χ0v) is 10.8. The van der Waals surface area contributed by atoms with Gasteiger partial charge in [0.05, 0.1) is 0 Å². The highest BCUT2D eigenvalue weighted by Crippen LogP contribution is 2.13. The molecule has 0 spiro atoms. The van der Waals surface area contributed by atoms with Crippen molar-refractivity contribution >= 4 is 23.1 Å². The smallest absolute Gasteiger partial charge is 0.251 e. The normalized spacial score (nSPS) is 10.1. The molecule has 0 saturated carbocycles. The Morgan fingerprint density at radius 1 is 1.50 bits per heavy atom. The van der Waals surface area contributed by atoms with Gasteiger partial charge >= 0.3 is 0 Å². The van der Waals surface area contributed by atoms with E-state index in [1.165, 1.54) is 5.56 Å². The van der Waals surface area contributed by atoms with Crippen LogP contribution in [0.4, 0.5) is 5.82 Å². The van der Waals surface area contributed by atoms with Crippen LogP contribution >= 0.6 is 11.3 Å². The SMILES string of the molecule is Cc1cscc1CNC(=O)c1ccnc(NN)c1. The molecule has 0 aliphatic carbocycles. The van der Waals surface area contributed by atoms with Gasteiger partial charge in [-0.3, -0.25) is 4.79 Å². The molecule has 2 aromatic heterocycles. The number of hydrazine groups is 1. The molecule has 6 heteroatoms. The molecule has 1 amide bonds. The summed E-state index contributed by atoms with van der Waals surface area (Å²) in [7, 11) is 0. The fourth-order valence-electron chi connectivity index (χ4n) is 1.50. The second-order valence-electron chi connectivity index (χ2n) is 3.84. The van der Waals surface area contributed by atoms with Crippen molar-refractivity contribution in [3.05, 3.63) is 45.8 Å². The number of hydrogen-bond acceptors (Lipinski definition) is 5. The Labute approximate surface area is 109 Å². The molecule has 0 unspecified atom stereocenters. The molecule has 0 aromatic carbocycles. The molecular weight excluding hydrogens is 248 g/mol. The van der Waals surface area contributed by atoms with Crippen LogP contribution in [0.2, 0.25) is 0 Å². The Bertz CT molecular complexity index is 553. The third kappa shape index (κ3) is 2.85. The Balaban J connectivity index is 2.01. The van der Waals surface area contributed by atoms with Crippen LogP contribution in [-0.2, 0) is 6.54 Å². The number of anilines is 1.